The van der Waals surface area contributed by atoms with Gasteiger partial charge in [0.2, 0.25) is 0 Å². The van der Waals surface area contributed by atoms with Gasteiger partial charge < -0.3 is 0 Å². The van der Waals surface area contributed by atoms with Crippen molar-refractivity contribution in [1.82, 2.24) is 0 Å². The molecule has 0 heterocycles. The minimum absolute atomic E-state index is 1.13. The molecular weight excluding hydrogens is 233 g/mol. The molecule has 62 valence electrons. The summed E-state index contributed by atoms with van der Waals surface area (Å²) in [7, 11) is 0. The number of hydrogen-bond acceptors (Lipinski definition) is 8. The second-order valence-electron chi connectivity index (χ2n) is 1.65. The molecule has 0 aliphatic rings. The Bertz CT molecular complexity index is 261. The van der Waals surface area contributed by atoms with E-state index in [0.717, 1.165) is 25.0 Å². The monoisotopic (exact) mass is 232 g/mol. The molecule has 0 saturated carbocycles. The van der Waals surface area contributed by atoms with Crippen molar-refractivity contribution >= 4 is 0 Å². The summed E-state index contributed by atoms with van der Waals surface area (Å²) in [6.45, 7) is 0. The van der Waals surface area contributed by atoms with E-state index < -0.39 is 16.2 Å². The Labute approximate surface area is 77.0 Å². The molecule has 0 amide bonds. The van der Waals surface area contributed by atoms with E-state index in [-0.39, 0.29) is 0 Å². The molecule has 9 heteroatoms. The second kappa shape index (κ2) is 5.44. The van der Waals surface area contributed by atoms with Crippen LogP contribution in [0.5, 0.6) is 0 Å². The van der Waals surface area contributed by atoms with Crippen molar-refractivity contribution in [2.75, 3.05) is 0 Å². The molecule has 0 aliphatic heterocycles. The molecule has 0 aromatic rings. The van der Waals surface area contributed by atoms with Gasteiger partial charge in [-0.1, -0.05) is 0 Å². The van der Waals surface area contributed by atoms with Gasteiger partial charge in [-0.3, -0.25) is 0 Å². The Morgan fingerprint density at radius 2 is 0.846 bits per heavy atom. The van der Waals surface area contributed by atoms with E-state index in [1.807, 2.05) is 0 Å². The second-order valence-corrected chi connectivity index (χ2v) is 7.04. The Balaban J connectivity index is 4.66. The molecule has 0 aromatic carbocycles. The van der Waals surface area contributed by atoms with Crippen LogP contribution in [0.25, 0.3) is 0 Å². The van der Waals surface area contributed by atoms with E-state index in [0.29, 0.717) is 0 Å². The molecule has 0 atom stereocenters. The molecule has 0 unspecified atom stereocenters. The number of hydrogen-bond donors (Lipinski definition) is 0. The summed E-state index contributed by atoms with van der Waals surface area (Å²) in [4.78, 5) is 0. The SMILES string of the molecule is N#C[O][Zn]([O]C#N)([O]C#N)[O]C#N. The van der Waals surface area contributed by atoms with Crippen LogP contribution in [-0.2, 0) is 30.5 Å². The Morgan fingerprint density at radius 1 is 0.615 bits per heavy atom. The van der Waals surface area contributed by atoms with E-state index in [1.165, 1.54) is 0 Å². The zero-order chi connectivity index (χ0) is 10.2. The van der Waals surface area contributed by atoms with E-state index >= 15 is 0 Å². The molecule has 13 heavy (non-hydrogen) atoms. The van der Waals surface area contributed by atoms with Crippen molar-refractivity contribution in [3.8, 4) is 25.0 Å². The van der Waals surface area contributed by atoms with Gasteiger partial charge in [0.05, 0.1) is 0 Å². The van der Waals surface area contributed by atoms with Gasteiger partial charge in [-0.2, -0.15) is 0 Å². The van der Waals surface area contributed by atoms with E-state index in [4.69, 9.17) is 21.0 Å². The Morgan fingerprint density at radius 3 is 1.00 bits per heavy atom. The van der Waals surface area contributed by atoms with Crippen LogP contribution < -0.4 is 0 Å². The maximum atomic E-state index is 8.10. The first kappa shape index (κ1) is 10.8. The molecule has 0 spiro atoms. The molecule has 8 nitrogen and oxygen atoms in total. The van der Waals surface area contributed by atoms with Gasteiger partial charge >= 0.3 is 76.5 Å². The zero-order valence-electron chi connectivity index (χ0n) is 6.13. The summed E-state index contributed by atoms with van der Waals surface area (Å²) >= 11 is -5.10. The van der Waals surface area contributed by atoms with Crippen molar-refractivity contribution in [1.29, 1.82) is 21.0 Å². The third-order valence-corrected chi connectivity index (χ3v) is 5.02. The van der Waals surface area contributed by atoms with Crippen LogP contribution >= 0.6 is 0 Å². The van der Waals surface area contributed by atoms with Gasteiger partial charge in [0, 0.05) is 0 Å². The predicted octanol–water partition coefficient (Wildman–Crippen LogP) is -0.209. The van der Waals surface area contributed by atoms with Gasteiger partial charge in [-0.05, 0) is 0 Å². The van der Waals surface area contributed by atoms with Crippen molar-refractivity contribution in [3.63, 3.8) is 0 Å². The molecule has 0 N–H and O–H groups in total. The summed E-state index contributed by atoms with van der Waals surface area (Å²) in [5.41, 5.74) is 0. The van der Waals surface area contributed by atoms with Crippen molar-refractivity contribution in [3.05, 3.63) is 0 Å². The Hall–Kier alpha value is -2.22. The van der Waals surface area contributed by atoms with Crippen LogP contribution in [0, 0.1) is 46.1 Å². The van der Waals surface area contributed by atoms with Crippen molar-refractivity contribution in [2.45, 2.75) is 0 Å². The van der Waals surface area contributed by atoms with Crippen molar-refractivity contribution in [2.24, 2.45) is 0 Å². The van der Waals surface area contributed by atoms with E-state index in [1.54, 1.807) is 0 Å². The first-order valence-corrected chi connectivity index (χ1v) is 7.71. The summed E-state index contributed by atoms with van der Waals surface area (Å²) in [5.74, 6) is 0. The fraction of sp³-hybridized carbons (Fsp3) is 0. The molecule has 0 bridgehead atoms. The number of rotatable bonds is 4. The molecule has 0 saturated heterocycles. The van der Waals surface area contributed by atoms with Gasteiger partial charge in [-0.15, -0.1) is 0 Å². The van der Waals surface area contributed by atoms with Crippen LogP contribution in [0.3, 0.4) is 0 Å². The van der Waals surface area contributed by atoms with Crippen molar-refractivity contribution < 1.29 is 30.5 Å². The van der Waals surface area contributed by atoms with Gasteiger partial charge in [0.25, 0.3) is 0 Å². The molecule has 0 rings (SSSR count). The van der Waals surface area contributed by atoms with Crippen LogP contribution in [0.15, 0.2) is 0 Å². The molecule has 0 fully saturated rings. The predicted molar refractivity (Wildman–Crippen MR) is 26.8 cm³/mol. The average molecular weight is 233 g/mol. The van der Waals surface area contributed by atoms with Crippen LogP contribution in [-0.4, -0.2) is 0 Å². The normalized spacial score (nSPS) is 6.46. The van der Waals surface area contributed by atoms with E-state index in [9.17, 15) is 0 Å². The number of nitrogens with zero attached hydrogens (tertiary/aromatic N) is 4. The van der Waals surface area contributed by atoms with E-state index in [2.05, 4.69) is 14.3 Å². The summed E-state index contributed by atoms with van der Waals surface area (Å²) in [6.07, 6.45) is 4.53. The van der Waals surface area contributed by atoms with Gasteiger partial charge in [-0.25, -0.2) is 0 Å². The standard InChI is InChI=1S/4CHNO.Zn/c4*2-1-3;/h4*3H;/q;;;;+4/p-4. The molecule has 0 aliphatic carbocycles. The summed E-state index contributed by atoms with van der Waals surface area (Å²) in [6, 6.07) is 0. The summed E-state index contributed by atoms with van der Waals surface area (Å²) < 4.78 is 16.6. The fourth-order valence-corrected chi connectivity index (χ4v) is 2.56. The minimum atomic E-state index is -5.10. The molecule has 0 aromatic heterocycles. The van der Waals surface area contributed by atoms with Gasteiger partial charge in [0.15, 0.2) is 0 Å². The Kier molecular flexibility index (Phi) is 4.51. The first-order chi connectivity index (χ1) is 6.24. The maximum absolute atomic E-state index is 8.10. The van der Waals surface area contributed by atoms with Crippen LogP contribution in [0.1, 0.15) is 0 Å². The molecule has 0 radical (unpaired) electrons. The summed E-state index contributed by atoms with van der Waals surface area (Å²) in [5, 5.41) is 32.4. The van der Waals surface area contributed by atoms with Gasteiger partial charge in [0.1, 0.15) is 0 Å². The quantitative estimate of drug-likeness (QED) is 0.481. The third kappa shape index (κ3) is 3.12. The van der Waals surface area contributed by atoms with Crippen LogP contribution in [0.4, 0.5) is 0 Å². The fourth-order valence-electron chi connectivity index (χ4n) is 0.493. The topological polar surface area (TPSA) is 132 Å². The third-order valence-electron chi connectivity index (χ3n) is 0.965. The zero-order valence-corrected chi connectivity index (χ0v) is 9.10. The van der Waals surface area contributed by atoms with Crippen LogP contribution in [0.2, 0.25) is 0 Å². The number of nitriles is 4. The first-order valence-electron chi connectivity index (χ1n) is 2.87. The average Bonchev–Trinajstić information content (AvgIpc) is 2.06. The molecular formula is C4N4O4Zn.